The first kappa shape index (κ1) is 13.9. The van der Waals surface area contributed by atoms with Gasteiger partial charge in [0.05, 0.1) is 11.3 Å². The maximum Gasteiger partial charge on any atom is 0.228 e. The molecule has 0 amide bonds. The van der Waals surface area contributed by atoms with E-state index in [1.807, 2.05) is 48.5 Å². The number of aliphatic imine (C=N–C) groups is 1. The molecule has 0 aliphatic carbocycles. The molecule has 4 heteroatoms. The molecule has 1 heterocycles. The summed E-state index contributed by atoms with van der Waals surface area (Å²) in [7, 11) is 1.76. The minimum absolute atomic E-state index is 0.167. The number of hydrogen-bond acceptors (Lipinski definition) is 3. The summed E-state index contributed by atoms with van der Waals surface area (Å²) >= 11 is 0. The van der Waals surface area contributed by atoms with Crippen LogP contribution in [0.3, 0.4) is 0 Å². The molecule has 0 fully saturated rings. The summed E-state index contributed by atoms with van der Waals surface area (Å²) in [5.74, 6) is 3.23. The summed E-state index contributed by atoms with van der Waals surface area (Å²) in [5.41, 5.74) is 3.65. The van der Waals surface area contributed by atoms with Gasteiger partial charge in [-0.2, -0.15) is 4.74 Å². The zero-order chi connectivity index (χ0) is 15.5. The van der Waals surface area contributed by atoms with Gasteiger partial charge in [0.15, 0.2) is 5.84 Å². The molecule has 0 aromatic heterocycles. The fourth-order valence-electron chi connectivity index (χ4n) is 2.47. The number of benzene rings is 2. The Morgan fingerprint density at radius 2 is 2.00 bits per heavy atom. The van der Waals surface area contributed by atoms with Gasteiger partial charge in [-0.05, 0) is 30.3 Å². The first-order chi connectivity index (χ1) is 10.7. The molecule has 0 saturated heterocycles. The Bertz CT molecular complexity index is 814. The van der Waals surface area contributed by atoms with Gasteiger partial charge in [-0.1, -0.05) is 24.1 Å². The molecule has 22 heavy (non-hydrogen) atoms. The highest BCUT2D eigenvalue weighted by Crippen LogP contribution is 2.26. The predicted molar refractivity (Wildman–Crippen MR) is 88.7 cm³/mol. The molecular weight excluding hydrogens is 274 g/mol. The van der Waals surface area contributed by atoms with Crippen molar-refractivity contribution in [2.75, 3.05) is 13.6 Å². The lowest BCUT2D eigenvalue weighted by molar-refractivity contribution is -0.439. The van der Waals surface area contributed by atoms with E-state index < -0.39 is 0 Å². The van der Waals surface area contributed by atoms with Crippen molar-refractivity contribution in [1.29, 1.82) is 0 Å². The molecule has 4 nitrogen and oxygen atoms in total. The Balaban J connectivity index is 2.29. The van der Waals surface area contributed by atoms with Crippen LogP contribution in [0.15, 0.2) is 53.5 Å². The van der Waals surface area contributed by atoms with E-state index in [9.17, 15) is 5.21 Å². The summed E-state index contributed by atoms with van der Waals surface area (Å²) in [6.07, 6.45) is 5.50. The van der Waals surface area contributed by atoms with E-state index in [4.69, 9.17) is 6.42 Å². The quantitative estimate of drug-likeness (QED) is 0.497. The van der Waals surface area contributed by atoms with Crippen molar-refractivity contribution in [3.8, 4) is 12.3 Å². The highest BCUT2D eigenvalue weighted by Gasteiger charge is 2.24. The van der Waals surface area contributed by atoms with Crippen LogP contribution in [0.4, 0.5) is 5.69 Å². The summed E-state index contributed by atoms with van der Waals surface area (Å²) in [6.45, 7) is 0.167. The first-order valence-electron chi connectivity index (χ1n) is 6.96. The van der Waals surface area contributed by atoms with Gasteiger partial charge in [-0.3, -0.25) is 0 Å². The van der Waals surface area contributed by atoms with Crippen LogP contribution >= 0.6 is 0 Å². The van der Waals surface area contributed by atoms with Crippen LogP contribution in [0.1, 0.15) is 16.7 Å². The third-order valence-electron chi connectivity index (χ3n) is 3.55. The monoisotopic (exact) mass is 289 g/mol. The van der Waals surface area contributed by atoms with E-state index in [2.05, 4.69) is 16.2 Å². The second kappa shape index (κ2) is 5.74. The fourth-order valence-corrected chi connectivity index (χ4v) is 2.47. The van der Waals surface area contributed by atoms with Crippen molar-refractivity contribution in [3.05, 3.63) is 70.4 Å². The molecule has 2 aromatic carbocycles. The normalized spacial score (nSPS) is 13.7. The number of hydrogen-bond donors (Lipinski definition) is 1. The van der Waals surface area contributed by atoms with E-state index in [0.717, 1.165) is 27.1 Å². The number of likely N-dealkylation sites (N-methyl/N-ethyl adjacent to an activating group) is 1. The summed E-state index contributed by atoms with van der Waals surface area (Å²) < 4.78 is 0.955. The number of terminal acetylenes is 1. The number of nitrogens with one attached hydrogen (secondary N) is 1. The minimum atomic E-state index is 0.167. The Labute approximate surface area is 129 Å². The zero-order valence-corrected chi connectivity index (χ0v) is 12.2. The van der Waals surface area contributed by atoms with Crippen LogP contribution in [0.2, 0.25) is 0 Å². The molecule has 0 radical (unpaired) electrons. The van der Waals surface area contributed by atoms with Gasteiger partial charge in [0, 0.05) is 18.2 Å². The van der Waals surface area contributed by atoms with Crippen molar-refractivity contribution in [2.45, 2.75) is 0 Å². The average molecular weight is 289 g/mol. The summed E-state index contributed by atoms with van der Waals surface area (Å²) in [6, 6.07) is 15.1. The van der Waals surface area contributed by atoms with Crippen molar-refractivity contribution < 1.29 is 4.74 Å². The van der Waals surface area contributed by atoms with Crippen molar-refractivity contribution >= 4 is 17.2 Å². The molecule has 1 aliphatic rings. The molecule has 0 spiro atoms. The summed E-state index contributed by atoms with van der Waals surface area (Å²) in [4.78, 5) is 4.53. The van der Waals surface area contributed by atoms with Gasteiger partial charge in [-0.15, -0.1) is 6.42 Å². The molecular formula is C18H15N3O. The number of fused-ring (bicyclic) bond motifs is 1. The molecule has 0 atom stereocenters. The lowest BCUT2D eigenvalue weighted by atomic mass is 9.98. The highest BCUT2D eigenvalue weighted by molar-refractivity contribution is 6.14. The highest BCUT2D eigenvalue weighted by atomic mass is 16.5. The number of hydroxylamine groups is 1. The molecule has 3 rings (SSSR count). The maximum absolute atomic E-state index is 12.7. The van der Waals surface area contributed by atoms with E-state index in [-0.39, 0.29) is 6.54 Å². The Kier molecular flexibility index (Phi) is 3.63. The Morgan fingerprint density at radius 3 is 2.68 bits per heavy atom. The Hall–Kier alpha value is -3.06. The second-order valence-corrected chi connectivity index (χ2v) is 4.94. The van der Waals surface area contributed by atoms with E-state index in [1.165, 1.54) is 0 Å². The first-order valence-corrected chi connectivity index (χ1v) is 6.96. The molecule has 1 N–H and O–H groups in total. The van der Waals surface area contributed by atoms with Crippen LogP contribution in [0, 0.1) is 17.6 Å². The maximum atomic E-state index is 12.7. The number of amidine groups is 1. The van der Waals surface area contributed by atoms with Crippen molar-refractivity contribution in [2.24, 2.45) is 4.99 Å². The second-order valence-electron chi connectivity index (χ2n) is 4.94. The molecule has 2 aromatic rings. The van der Waals surface area contributed by atoms with Crippen molar-refractivity contribution in [3.63, 3.8) is 0 Å². The molecule has 1 aliphatic heterocycles. The average Bonchev–Trinajstić information content (AvgIpc) is 2.70. The molecule has 108 valence electrons. The van der Waals surface area contributed by atoms with Crippen LogP contribution < -0.4 is 5.32 Å². The van der Waals surface area contributed by atoms with Crippen LogP contribution in [0.5, 0.6) is 0 Å². The number of nitrogens with zero attached hydrogens (tertiary/aromatic N) is 2. The topological polar surface area (TPSA) is 50.5 Å². The van der Waals surface area contributed by atoms with Gasteiger partial charge in [-0.25, -0.2) is 4.99 Å². The molecule has 0 unspecified atom stereocenters. The van der Waals surface area contributed by atoms with Gasteiger partial charge in [0.25, 0.3) is 0 Å². The lowest BCUT2D eigenvalue weighted by Crippen LogP contribution is -2.29. The zero-order valence-electron chi connectivity index (χ0n) is 12.2. The SMILES string of the molecule is C#Cc1ccc2c(c1)C(c1ccccc1)=[N+]([O-])CC(NC)=N2. The van der Waals surface area contributed by atoms with E-state index in [0.29, 0.717) is 11.5 Å². The minimum Gasteiger partial charge on any atom is -0.623 e. The number of rotatable bonds is 1. The van der Waals surface area contributed by atoms with E-state index >= 15 is 0 Å². The van der Waals surface area contributed by atoms with Crippen LogP contribution in [0.25, 0.3) is 0 Å². The lowest BCUT2D eigenvalue weighted by Gasteiger charge is -2.10. The largest absolute Gasteiger partial charge is 0.623 e. The fraction of sp³-hybridized carbons (Fsp3) is 0.111. The predicted octanol–water partition coefficient (Wildman–Crippen LogP) is 2.28. The third-order valence-corrected chi connectivity index (χ3v) is 3.55. The van der Waals surface area contributed by atoms with Gasteiger partial charge in [0.1, 0.15) is 0 Å². The van der Waals surface area contributed by atoms with Gasteiger partial charge < -0.3 is 10.5 Å². The Morgan fingerprint density at radius 1 is 1.23 bits per heavy atom. The summed E-state index contributed by atoms with van der Waals surface area (Å²) in [5, 5.41) is 15.6. The van der Waals surface area contributed by atoms with E-state index in [1.54, 1.807) is 7.05 Å². The smallest absolute Gasteiger partial charge is 0.228 e. The van der Waals surface area contributed by atoms with Gasteiger partial charge in [0.2, 0.25) is 12.3 Å². The van der Waals surface area contributed by atoms with Gasteiger partial charge >= 0.3 is 0 Å². The molecule has 0 saturated carbocycles. The standard InChI is InChI=1S/C18H15N3O/c1-3-13-9-10-16-15(11-13)18(14-7-5-4-6-8-14)21(22)12-17(19-2)20-16/h1,4-11H,12H2,2H3,(H,19,20). The van der Waals surface area contributed by atoms with Crippen LogP contribution in [-0.4, -0.2) is 29.9 Å². The van der Waals surface area contributed by atoms with Crippen LogP contribution in [-0.2, 0) is 0 Å². The molecule has 0 bridgehead atoms. The third kappa shape index (κ3) is 2.45. The van der Waals surface area contributed by atoms with Crippen molar-refractivity contribution in [1.82, 2.24) is 5.32 Å².